The first-order chi connectivity index (χ1) is 15.9. The van der Waals surface area contributed by atoms with Crippen molar-refractivity contribution >= 4 is 5.97 Å². The minimum absolute atomic E-state index is 0.0802. The number of aliphatic hydroxyl groups is 6. The van der Waals surface area contributed by atoms with Gasteiger partial charge in [-0.1, -0.05) is 50.5 Å². The normalized spacial score (nSPS) is 24.9. The molecular formula is C25H47NO8. The second-order valence-electron chi connectivity index (χ2n) is 9.61. The number of rotatable bonds is 15. The van der Waals surface area contributed by atoms with Gasteiger partial charge in [0.1, 0.15) is 0 Å². The summed E-state index contributed by atoms with van der Waals surface area (Å²) in [4.78, 5) is 10.5. The lowest BCUT2D eigenvalue weighted by molar-refractivity contribution is -0.137. The van der Waals surface area contributed by atoms with E-state index in [-0.39, 0.29) is 18.3 Å². The Bertz CT molecular complexity index is 595. The molecule has 9 N–H and O–H groups in total. The number of aliphatic hydroxyl groups excluding tert-OH is 5. The van der Waals surface area contributed by atoms with Crippen LogP contribution in [0.3, 0.4) is 0 Å². The maximum absolute atomic E-state index is 10.5. The molecule has 1 saturated carbocycles. The maximum Gasteiger partial charge on any atom is 0.303 e. The van der Waals surface area contributed by atoms with E-state index in [9.17, 15) is 20.1 Å². The third-order valence-corrected chi connectivity index (χ3v) is 6.16. The monoisotopic (exact) mass is 489 g/mol. The molecule has 0 aromatic carbocycles. The molecule has 0 aromatic rings. The number of nitrogens with two attached hydrogens (primary N) is 1. The fourth-order valence-corrected chi connectivity index (χ4v) is 3.73. The fraction of sp³-hybridized carbons (Fsp3) is 0.800. The number of carboxylic acids is 1. The molecule has 9 nitrogen and oxygen atoms in total. The summed E-state index contributed by atoms with van der Waals surface area (Å²) in [7, 11) is 0. The molecule has 5 unspecified atom stereocenters. The summed E-state index contributed by atoms with van der Waals surface area (Å²) >= 11 is 0. The van der Waals surface area contributed by atoms with Gasteiger partial charge in [0.2, 0.25) is 0 Å². The molecule has 5 atom stereocenters. The van der Waals surface area contributed by atoms with E-state index in [0.29, 0.717) is 32.1 Å². The van der Waals surface area contributed by atoms with E-state index in [1.165, 1.54) is 0 Å². The van der Waals surface area contributed by atoms with Crippen LogP contribution in [0.25, 0.3) is 0 Å². The van der Waals surface area contributed by atoms with Gasteiger partial charge in [0.15, 0.2) is 0 Å². The van der Waals surface area contributed by atoms with E-state index >= 15 is 0 Å². The summed E-state index contributed by atoms with van der Waals surface area (Å²) < 4.78 is 0. The molecule has 1 fully saturated rings. The van der Waals surface area contributed by atoms with Crippen LogP contribution < -0.4 is 5.73 Å². The summed E-state index contributed by atoms with van der Waals surface area (Å²) in [6.07, 6.45) is 12.7. The van der Waals surface area contributed by atoms with Crippen molar-refractivity contribution in [3.8, 4) is 0 Å². The average Bonchev–Trinajstić information content (AvgIpc) is 3.06. The lowest BCUT2D eigenvalue weighted by Gasteiger charge is -2.23. The summed E-state index contributed by atoms with van der Waals surface area (Å²) in [6.45, 7) is 2.70. The third-order valence-electron chi connectivity index (χ3n) is 6.16. The molecule has 200 valence electrons. The number of hydrogen-bond donors (Lipinski definition) is 8. The minimum atomic E-state index is -1.21. The van der Waals surface area contributed by atoms with Crippen molar-refractivity contribution in [1.29, 1.82) is 0 Å². The lowest BCUT2D eigenvalue weighted by Crippen LogP contribution is -2.50. The Morgan fingerprint density at radius 2 is 1.65 bits per heavy atom. The van der Waals surface area contributed by atoms with Gasteiger partial charge < -0.3 is 41.5 Å². The molecule has 0 saturated heterocycles. The Labute approximate surface area is 203 Å². The Morgan fingerprint density at radius 3 is 2.15 bits per heavy atom. The van der Waals surface area contributed by atoms with Crippen LogP contribution >= 0.6 is 0 Å². The zero-order valence-electron chi connectivity index (χ0n) is 20.7. The largest absolute Gasteiger partial charge is 0.481 e. The van der Waals surface area contributed by atoms with E-state index in [1.807, 2.05) is 18.2 Å². The standard InChI is InChI=1S/C21H36O5.C4H11NO3/c1-3-4-9-13-21(2,26)14-12-17-16(18(22)15-19(17)23)10-7-5-6-8-11-20(24)25;5-4(1-6,2-7)3-8/h5,7,12,14,16-19,22-23,26H,3-4,6,8-11,13,15H2,1-2H3,(H,24,25);6-8H,1-3,5H2. The van der Waals surface area contributed by atoms with Gasteiger partial charge in [-0.2, -0.15) is 0 Å². The SMILES string of the molecule is CCCCCC(C)(O)C=CC1C(O)CC(O)C1CC=CCCCC(=O)O.NC(CO)(CO)CO. The van der Waals surface area contributed by atoms with Gasteiger partial charge in [-0.15, -0.1) is 0 Å². The topological polar surface area (TPSA) is 185 Å². The molecule has 0 radical (unpaired) electrons. The smallest absolute Gasteiger partial charge is 0.303 e. The third kappa shape index (κ3) is 13.5. The molecule has 0 aromatic heterocycles. The first-order valence-corrected chi connectivity index (χ1v) is 12.2. The van der Waals surface area contributed by atoms with Crippen LogP contribution in [0.15, 0.2) is 24.3 Å². The van der Waals surface area contributed by atoms with E-state index in [4.69, 9.17) is 26.2 Å². The molecular weight excluding hydrogens is 442 g/mol. The molecule has 0 spiro atoms. The first kappa shape index (κ1) is 32.7. The summed E-state index contributed by atoms with van der Waals surface area (Å²) in [5.74, 6) is -1.04. The van der Waals surface area contributed by atoms with Crippen LogP contribution in [0, 0.1) is 11.8 Å². The fourth-order valence-electron chi connectivity index (χ4n) is 3.73. The molecule has 9 heteroatoms. The Morgan fingerprint density at radius 1 is 1.03 bits per heavy atom. The average molecular weight is 490 g/mol. The highest BCUT2D eigenvalue weighted by Gasteiger charge is 2.39. The van der Waals surface area contributed by atoms with Crippen LogP contribution in [0.5, 0.6) is 0 Å². The molecule has 0 aliphatic heterocycles. The van der Waals surface area contributed by atoms with Crippen LogP contribution in [0.4, 0.5) is 0 Å². The number of hydrogen-bond acceptors (Lipinski definition) is 8. The summed E-state index contributed by atoms with van der Waals surface area (Å²) in [5, 5.41) is 64.6. The zero-order valence-corrected chi connectivity index (χ0v) is 20.7. The predicted molar refractivity (Wildman–Crippen MR) is 131 cm³/mol. The zero-order chi connectivity index (χ0) is 26.2. The van der Waals surface area contributed by atoms with E-state index in [2.05, 4.69) is 6.92 Å². The van der Waals surface area contributed by atoms with Gasteiger partial charge in [-0.25, -0.2) is 0 Å². The van der Waals surface area contributed by atoms with Crippen LogP contribution in [0.2, 0.25) is 0 Å². The van der Waals surface area contributed by atoms with Crippen molar-refractivity contribution in [3.63, 3.8) is 0 Å². The quantitative estimate of drug-likeness (QED) is 0.123. The number of aliphatic carboxylic acids is 1. The maximum atomic E-state index is 10.5. The highest BCUT2D eigenvalue weighted by Crippen LogP contribution is 2.37. The second-order valence-corrected chi connectivity index (χ2v) is 9.61. The highest BCUT2D eigenvalue weighted by molar-refractivity contribution is 5.66. The highest BCUT2D eigenvalue weighted by atomic mass is 16.4. The molecule has 0 bridgehead atoms. The van der Waals surface area contributed by atoms with E-state index in [1.54, 1.807) is 13.0 Å². The predicted octanol–water partition coefficient (Wildman–Crippen LogP) is 1.09. The Kier molecular flexibility index (Phi) is 16.5. The van der Waals surface area contributed by atoms with Crippen molar-refractivity contribution in [3.05, 3.63) is 24.3 Å². The van der Waals surface area contributed by atoms with Gasteiger partial charge in [0, 0.05) is 18.8 Å². The number of unbranched alkanes of at least 4 members (excludes halogenated alkanes) is 3. The minimum Gasteiger partial charge on any atom is -0.481 e. The van der Waals surface area contributed by atoms with Crippen LogP contribution in [0.1, 0.15) is 71.6 Å². The van der Waals surface area contributed by atoms with Gasteiger partial charge >= 0.3 is 5.97 Å². The van der Waals surface area contributed by atoms with Gasteiger partial charge in [-0.3, -0.25) is 4.79 Å². The van der Waals surface area contributed by atoms with Crippen molar-refractivity contribution in [2.24, 2.45) is 17.6 Å². The van der Waals surface area contributed by atoms with Gasteiger partial charge in [0.05, 0.1) is 43.2 Å². The Balaban J connectivity index is 0.00000116. The Hall–Kier alpha value is -1.33. The van der Waals surface area contributed by atoms with Gasteiger partial charge in [0.25, 0.3) is 0 Å². The molecule has 1 aliphatic rings. The van der Waals surface area contributed by atoms with Crippen LogP contribution in [-0.4, -0.2) is 84.9 Å². The summed E-state index contributed by atoms with van der Waals surface area (Å²) in [6, 6.07) is 0. The molecule has 1 aliphatic carbocycles. The van der Waals surface area contributed by atoms with Crippen LogP contribution in [-0.2, 0) is 4.79 Å². The van der Waals surface area contributed by atoms with E-state index in [0.717, 1.165) is 19.3 Å². The van der Waals surface area contributed by atoms with Crippen molar-refractivity contribution in [2.45, 2.75) is 95.0 Å². The first-order valence-electron chi connectivity index (χ1n) is 12.2. The second kappa shape index (κ2) is 17.2. The summed E-state index contributed by atoms with van der Waals surface area (Å²) in [5.41, 5.74) is 3.05. The lowest BCUT2D eigenvalue weighted by atomic mass is 9.88. The van der Waals surface area contributed by atoms with Crippen molar-refractivity contribution in [2.75, 3.05) is 19.8 Å². The molecule has 34 heavy (non-hydrogen) atoms. The molecule has 0 amide bonds. The molecule has 1 rings (SSSR count). The number of carboxylic acid groups (broad SMARTS) is 1. The van der Waals surface area contributed by atoms with E-state index < -0.39 is 49.1 Å². The van der Waals surface area contributed by atoms with Crippen molar-refractivity contribution in [1.82, 2.24) is 0 Å². The van der Waals surface area contributed by atoms with Crippen molar-refractivity contribution < 1.29 is 40.5 Å². The van der Waals surface area contributed by atoms with Gasteiger partial charge in [-0.05, 0) is 38.5 Å². The number of carbonyl (C=O) groups is 1. The molecule has 0 heterocycles. The number of allylic oxidation sites excluding steroid dienone is 2.